The Hall–Kier alpha value is -2.09. The number of amides is 1. The van der Waals surface area contributed by atoms with E-state index in [2.05, 4.69) is 0 Å². The summed E-state index contributed by atoms with van der Waals surface area (Å²) in [5, 5.41) is 0. The van der Waals surface area contributed by atoms with Crippen molar-refractivity contribution in [2.24, 2.45) is 0 Å². The van der Waals surface area contributed by atoms with Crippen LogP contribution in [-0.4, -0.2) is 13.0 Å². The van der Waals surface area contributed by atoms with E-state index >= 15 is 0 Å². The lowest BCUT2D eigenvalue weighted by molar-refractivity contribution is -0.119. The lowest BCUT2D eigenvalue weighted by Crippen LogP contribution is -2.33. The van der Waals surface area contributed by atoms with Crippen molar-refractivity contribution in [1.29, 1.82) is 0 Å². The Labute approximate surface area is 116 Å². The second kappa shape index (κ2) is 4.88. The predicted octanol–water partition coefficient (Wildman–Crippen LogP) is 3.38. The molecule has 0 spiro atoms. The lowest BCUT2D eigenvalue weighted by atomic mass is 9.85. The van der Waals surface area contributed by atoms with E-state index in [1.54, 1.807) is 7.05 Å². The van der Waals surface area contributed by atoms with E-state index in [4.69, 9.17) is 2.74 Å². The average molecular weight is 253 g/mol. The summed E-state index contributed by atoms with van der Waals surface area (Å²) >= 11 is 0. The van der Waals surface area contributed by atoms with Gasteiger partial charge >= 0.3 is 0 Å². The van der Waals surface area contributed by atoms with Crippen LogP contribution >= 0.6 is 0 Å². The Balaban J connectivity index is 2.11. The fraction of sp³-hybridized carbons (Fsp3) is 0.235. The Morgan fingerprint density at radius 1 is 1.21 bits per heavy atom. The number of para-hydroxylation sites is 1. The van der Waals surface area contributed by atoms with Crippen molar-refractivity contribution in [3.63, 3.8) is 0 Å². The van der Waals surface area contributed by atoms with Gasteiger partial charge in [0.2, 0.25) is 5.91 Å². The zero-order valence-electron chi connectivity index (χ0n) is 12.8. The van der Waals surface area contributed by atoms with Crippen LogP contribution in [0.2, 0.25) is 0 Å². The highest BCUT2D eigenvalue weighted by molar-refractivity contribution is 5.96. The quantitative estimate of drug-likeness (QED) is 0.803. The zero-order chi connectivity index (χ0) is 15.0. The Kier molecular flexibility index (Phi) is 2.52. The molecule has 2 nitrogen and oxygen atoms in total. The van der Waals surface area contributed by atoms with E-state index < -0.39 is 12.3 Å². The van der Waals surface area contributed by atoms with E-state index in [1.165, 1.54) is 4.90 Å². The minimum absolute atomic E-state index is 0.320. The molecule has 0 saturated heterocycles. The predicted molar refractivity (Wildman–Crippen MR) is 77.4 cm³/mol. The number of fused-ring (bicyclic) bond motifs is 1. The summed E-state index contributed by atoms with van der Waals surface area (Å²) in [7, 11) is 1.67. The summed E-state index contributed by atoms with van der Waals surface area (Å²) in [6.45, 7) is 0. The van der Waals surface area contributed by atoms with Gasteiger partial charge in [0.15, 0.2) is 0 Å². The molecule has 0 saturated carbocycles. The summed E-state index contributed by atoms with van der Waals surface area (Å²) in [4.78, 5) is 13.8. The molecule has 19 heavy (non-hydrogen) atoms. The highest BCUT2D eigenvalue weighted by Crippen LogP contribution is 2.36. The van der Waals surface area contributed by atoms with Crippen LogP contribution in [0.1, 0.15) is 26.2 Å². The van der Waals surface area contributed by atoms with Gasteiger partial charge in [-0.2, -0.15) is 0 Å². The number of hydrogen-bond donors (Lipinski definition) is 0. The third-order valence-corrected chi connectivity index (χ3v) is 3.48. The minimum Gasteiger partial charge on any atom is -0.315 e. The van der Waals surface area contributed by atoms with Crippen LogP contribution in [-0.2, 0) is 11.2 Å². The lowest BCUT2D eigenvalue weighted by Gasteiger charge is -2.31. The van der Waals surface area contributed by atoms with Crippen molar-refractivity contribution in [2.75, 3.05) is 11.9 Å². The maximum absolute atomic E-state index is 12.3. The number of nitrogens with zero attached hydrogens (tertiary/aromatic N) is 1. The smallest absolute Gasteiger partial charge is 0.227 e. The molecule has 0 N–H and O–H groups in total. The third-order valence-electron chi connectivity index (χ3n) is 3.48. The van der Waals surface area contributed by atoms with Crippen LogP contribution in [0.5, 0.6) is 0 Å². The molecule has 2 heteroatoms. The molecule has 3 rings (SSSR count). The molecular weight excluding hydrogens is 234 g/mol. The number of carbonyl (C=O) groups excluding carboxylic acids is 1. The molecule has 0 aliphatic carbocycles. The molecule has 2 unspecified atom stereocenters. The van der Waals surface area contributed by atoms with Gasteiger partial charge in [0, 0.05) is 21.9 Å². The van der Waals surface area contributed by atoms with Crippen molar-refractivity contribution in [2.45, 2.75) is 18.7 Å². The number of anilines is 1. The van der Waals surface area contributed by atoms with Crippen LogP contribution in [0.25, 0.3) is 0 Å². The van der Waals surface area contributed by atoms with E-state index in [1.807, 2.05) is 54.6 Å². The number of carbonyl (C=O) groups is 1. The molecular formula is C17H17NO. The number of hydrogen-bond acceptors (Lipinski definition) is 1. The maximum Gasteiger partial charge on any atom is 0.227 e. The van der Waals surface area contributed by atoms with Gasteiger partial charge in [0.05, 0.1) is 0 Å². The van der Waals surface area contributed by atoms with E-state index in [0.29, 0.717) is 6.42 Å². The minimum atomic E-state index is -1.25. The largest absolute Gasteiger partial charge is 0.315 e. The summed E-state index contributed by atoms with van der Waals surface area (Å²) in [6.07, 6.45) is -0.754. The fourth-order valence-corrected chi connectivity index (χ4v) is 2.44. The highest BCUT2D eigenvalue weighted by atomic mass is 16.2. The first-order valence-electron chi connectivity index (χ1n) is 7.45. The fourth-order valence-electron chi connectivity index (χ4n) is 2.44. The Morgan fingerprint density at radius 3 is 2.68 bits per heavy atom. The van der Waals surface area contributed by atoms with Crippen LogP contribution in [0.3, 0.4) is 0 Å². The van der Waals surface area contributed by atoms with E-state index in [-0.39, 0.29) is 5.91 Å². The van der Waals surface area contributed by atoms with Gasteiger partial charge in [-0.1, -0.05) is 48.5 Å². The molecule has 2 atom stereocenters. The SMILES string of the molecule is [2H]C1C(=O)N(C)c2ccccc2C1([2H])Cc1ccccc1. The summed E-state index contributed by atoms with van der Waals surface area (Å²) in [5.41, 5.74) is 2.45. The molecule has 0 radical (unpaired) electrons. The topological polar surface area (TPSA) is 20.3 Å². The average Bonchev–Trinajstić information content (AvgIpc) is 2.52. The molecule has 0 bridgehead atoms. The molecule has 1 amide bonds. The summed E-state index contributed by atoms with van der Waals surface area (Å²) < 4.78 is 17.1. The van der Waals surface area contributed by atoms with Crippen molar-refractivity contribution < 1.29 is 7.54 Å². The second-order valence-corrected chi connectivity index (χ2v) is 4.75. The first-order chi connectivity index (χ1) is 10.0. The van der Waals surface area contributed by atoms with E-state index in [0.717, 1.165) is 16.8 Å². The molecule has 1 aliphatic heterocycles. The van der Waals surface area contributed by atoms with Crippen molar-refractivity contribution >= 4 is 11.6 Å². The Bertz CT molecular complexity index is 674. The standard InChI is InChI=1S/C17H17NO/c1-18-16-10-6-5-9-15(16)14(12-17(18)19)11-13-7-3-2-4-8-13/h2-10,14H,11-12H2,1H3/i12D,14D. The Morgan fingerprint density at radius 2 is 1.89 bits per heavy atom. The monoisotopic (exact) mass is 253 g/mol. The third kappa shape index (κ3) is 2.26. The normalized spacial score (nSPS) is 27.5. The first kappa shape index (κ1) is 9.79. The first-order valence-corrected chi connectivity index (χ1v) is 6.37. The van der Waals surface area contributed by atoms with Gasteiger partial charge in [-0.25, -0.2) is 0 Å². The number of rotatable bonds is 2. The maximum atomic E-state index is 12.3. The summed E-state index contributed by atoms with van der Waals surface area (Å²) in [6, 6.07) is 17.1. The van der Waals surface area contributed by atoms with Gasteiger partial charge < -0.3 is 4.90 Å². The summed E-state index contributed by atoms with van der Waals surface area (Å²) in [5.74, 6) is -1.57. The zero-order valence-corrected chi connectivity index (χ0v) is 10.8. The van der Waals surface area contributed by atoms with Crippen LogP contribution in [0.4, 0.5) is 5.69 Å². The molecule has 0 aromatic heterocycles. The van der Waals surface area contributed by atoms with Gasteiger partial charge in [0.25, 0.3) is 0 Å². The highest BCUT2D eigenvalue weighted by Gasteiger charge is 2.28. The van der Waals surface area contributed by atoms with Gasteiger partial charge in [-0.15, -0.1) is 0 Å². The van der Waals surface area contributed by atoms with Crippen molar-refractivity contribution in [3.05, 3.63) is 65.7 Å². The van der Waals surface area contributed by atoms with Gasteiger partial charge in [-0.3, -0.25) is 4.79 Å². The second-order valence-electron chi connectivity index (χ2n) is 4.75. The van der Waals surface area contributed by atoms with Crippen molar-refractivity contribution in [3.8, 4) is 0 Å². The molecule has 2 aromatic rings. The van der Waals surface area contributed by atoms with Crippen LogP contribution in [0, 0.1) is 0 Å². The van der Waals surface area contributed by atoms with E-state index in [9.17, 15) is 4.79 Å². The van der Waals surface area contributed by atoms with Crippen LogP contribution in [0.15, 0.2) is 54.6 Å². The molecule has 1 heterocycles. The molecule has 2 aromatic carbocycles. The van der Waals surface area contributed by atoms with Gasteiger partial charge in [-0.05, 0) is 29.5 Å². The number of benzene rings is 2. The molecule has 1 aliphatic rings. The molecule has 0 fully saturated rings. The molecule has 96 valence electrons. The van der Waals surface area contributed by atoms with Crippen LogP contribution < -0.4 is 4.90 Å². The van der Waals surface area contributed by atoms with Gasteiger partial charge in [0.1, 0.15) is 0 Å². The van der Waals surface area contributed by atoms with Crippen molar-refractivity contribution in [1.82, 2.24) is 0 Å².